The lowest BCUT2D eigenvalue weighted by atomic mass is 10.00. The van der Waals surface area contributed by atoms with Gasteiger partial charge in [0.15, 0.2) is 0 Å². The van der Waals surface area contributed by atoms with E-state index in [4.69, 9.17) is 10.00 Å². The largest absolute Gasteiger partial charge is 0.493 e. The average Bonchev–Trinajstić information content (AvgIpc) is 2.98. The van der Waals surface area contributed by atoms with Crippen LogP contribution >= 0.6 is 12.4 Å². The van der Waals surface area contributed by atoms with Crippen molar-refractivity contribution in [1.82, 2.24) is 0 Å². The van der Waals surface area contributed by atoms with Crippen molar-refractivity contribution < 1.29 is 9.53 Å². The third-order valence-corrected chi connectivity index (χ3v) is 5.14. The Bertz CT molecular complexity index is 1140. The van der Waals surface area contributed by atoms with E-state index in [1.54, 1.807) is 0 Å². The maximum Gasteiger partial charge on any atom is 0.251 e. The van der Waals surface area contributed by atoms with Crippen LogP contribution in [0.5, 0.6) is 5.75 Å². The van der Waals surface area contributed by atoms with Crippen molar-refractivity contribution in [3.05, 3.63) is 89.0 Å². The zero-order valence-corrected chi connectivity index (χ0v) is 18.0. The molecule has 0 spiro atoms. The van der Waals surface area contributed by atoms with Gasteiger partial charge in [0.1, 0.15) is 5.75 Å². The van der Waals surface area contributed by atoms with Crippen molar-refractivity contribution >= 4 is 30.1 Å². The van der Waals surface area contributed by atoms with Gasteiger partial charge < -0.3 is 10.1 Å². The third kappa shape index (κ3) is 5.33. The second-order valence-corrected chi connectivity index (χ2v) is 7.37. The van der Waals surface area contributed by atoms with Crippen molar-refractivity contribution in [2.45, 2.75) is 19.8 Å². The van der Waals surface area contributed by atoms with E-state index in [1.165, 1.54) is 5.56 Å². The highest BCUT2D eigenvalue weighted by Crippen LogP contribution is 2.31. The Morgan fingerprint density at radius 1 is 1.03 bits per heavy atom. The number of hydrogen-bond acceptors (Lipinski definition) is 3. The van der Waals surface area contributed by atoms with Crippen molar-refractivity contribution in [2.75, 3.05) is 11.9 Å². The van der Waals surface area contributed by atoms with E-state index in [-0.39, 0.29) is 18.3 Å². The van der Waals surface area contributed by atoms with Crippen LogP contribution in [0.25, 0.3) is 17.2 Å². The highest BCUT2D eigenvalue weighted by molar-refractivity contribution is 6.07. The molecule has 0 saturated carbocycles. The van der Waals surface area contributed by atoms with Crippen LogP contribution in [-0.4, -0.2) is 12.5 Å². The number of benzene rings is 3. The molecule has 1 aliphatic heterocycles. The number of rotatable bonds is 4. The number of nitriles is 1. The lowest BCUT2D eigenvalue weighted by Gasteiger charge is -2.09. The maximum absolute atomic E-state index is 12.8. The number of nitrogens with zero attached hydrogens (tertiary/aromatic N) is 1. The molecule has 156 valence electrons. The van der Waals surface area contributed by atoms with Crippen LogP contribution in [0.3, 0.4) is 0 Å². The number of hydrogen-bond donors (Lipinski definition) is 1. The van der Waals surface area contributed by atoms with Gasteiger partial charge in [-0.3, -0.25) is 4.79 Å². The molecule has 0 unspecified atom stereocenters. The minimum Gasteiger partial charge on any atom is -0.493 e. The van der Waals surface area contributed by atoms with Crippen LogP contribution in [-0.2, 0) is 11.2 Å². The molecule has 0 atom stereocenters. The molecule has 1 heterocycles. The molecule has 0 saturated heterocycles. The number of aryl methyl sites for hydroxylation is 1. The Morgan fingerprint density at radius 2 is 1.74 bits per heavy atom. The number of anilines is 1. The Hall–Kier alpha value is -3.55. The Morgan fingerprint density at radius 3 is 2.45 bits per heavy atom. The summed E-state index contributed by atoms with van der Waals surface area (Å²) >= 11 is 0. The van der Waals surface area contributed by atoms with Crippen LogP contribution in [0.2, 0.25) is 0 Å². The van der Waals surface area contributed by atoms with E-state index in [1.807, 2.05) is 42.5 Å². The fraction of sp³-hybridized carbons (Fsp3) is 0.154. The van der Waals surface area contributed by atoms with Crippen molar-refractivity contribution in [3.8, 4) is 22.9 Å². The molecule has 3 aromatic rings. The fourth-order valence-electron chi connectivity index (χ4n) is 3.44. The molecule has 3 aromatic carbocycles. The Kier molecular flexibility index (Phi) is 7.12. The molecule has 0 bridgehead atoms. The van der Waals surface area contributed by atoms with E-state index in [2.05, 4.69) is 48.6 Å². The van der Waals surface area contributed by atoms with Crippen molar-refractivity contribution in [3.63, 3.8) is 0 Å². The molecule has 4 nitrogen and oxygen atoms in total. The number of amides is 1. The molecule has 0 aliphatic carbocycles. The van der Waals surface area contributed by atoms with Crippen LogP contribution in [0.1, 0.15) is 23.1 Å². The third-order valence-electron chi connectivity index (χ3n) is 5.14. The molecule has 0 radical (unpaired) electrons. The first-order chi connectivity index (χ1) is 14.6. The number of fused-ring (bicyclic) bond motifs is 1. The summed E-state index contributed by atoms with van der Waals surface area (Å²) in [5.41, 5.74) is 6.65. The first-order valence-electron chi connectivity index (χ1n) is 9.94. The molecule has 1 amide bonds. The van der Waals surface area contributed by atoms with E-state index in [9.17, 15) is 4.79 Å². The highest BCUT2D eigenvalue weighted by Gasteiger charge is 2.16. The number of carbonyl (C=O) groups excluding carboxylic acids is 1. The van der Waals surface area contributed by atoms with E-state index >= 15 is 0 Å². The monoisotopic (exact) mass is 430 g/mol. The highest BCUT2D eigenvalue weighted by atomic mass is 35.5. The van der Waals surface area contributed by atoms with Crippen LogP contribution in [0.4, 0.5) is 5.69 Å². The number of carbonyl (C=O) groups is 1. The topological polar surface area (TPSA) is 62.1 Å². The van der Waals surface area contributed by atoms with Gasteiger partial charge in [-0.05, 0) is 54.0 Å². The summed E-state index contributed by atoms with van der Waals surface area (Å²) in [5, 5.41) is 11.7. The quantitative estimate of drug-likeness (QED) is 0.555. The zero-order valence-electron chi connectivity index (χ0n) is 17.2. The van der Waals surface area contributed by atoms with Gasteiger partial charge in [0.05, 0.1) is 19.1 Å². The first-order valence-corrected chi connectivity index (χ1v) is 9.94. The zero-order chi connectivity index (χ0) is 20.9. The summed E-state index contributed by atoms with van der Waals surface area (Å²) in [6.45, 7) is 2.52. The fourth-order valence-corrected chi connectivity index (χ4v) is 3.44. The summed E-state index contributed by atoms with van der Waals surface area (Å²) in [6, 6.07) is 23.9. The molecule has 31 heavy (non-hydrogen) atoms. The van der Waals surface area contributed by atoms with E-state index < -0.39 is 0 Å². The van der Waals surface area contributed by atoms with Crippen LogP contribution in [0.15, 0.2) is 72.3 Å². The lowest BCUT2D eigenvalue weighted by molar-refractivity contribution is -0.113. The van der Waals surface area contributed by atoms with Gasteiger partial charge >= 0.3 is 0 Å². The molecule has 1 N–H and O–H groups in total. The molecular weight excluding hydrogens is 408 g/mol. The summed E-state index contributed by atoms with van der Waals surface area (Å²) in [7, 11) is 0. The van der Waals surface area contributed by atoms with Gasteiger partial charge in [0.2, 0.25) is 0 Å². The van der Waals surface area contributed by atoms with Gasteiger partial charge in [0, 0.05) is 23.2 Å². The Labute approximate surface area is 188 Å². The normalized spacial score (nSPS) is 12.2. The molecule has 5 heteroatoms. The van der Waals surface area contributed by atoms with Crippen LogP contribution in [0, 0.1) is 18.3 Å². The molecule has 0 aromatic heterocycles. The molecular formula is C26H23ClN2O2. The summed E-state index contributed by atoms with van der Waals surface area (Å²) in [6.07, 6.45) is 2.81. The molecule has 0 fully saturated rings. The van der Waals surface area contributed by atoms with Gasteiger partial charge in [-0.15, -0.1) is 12.4 Å². The number of ether oxygens (including phenoxy) is 1. The van der Waals surface area contributed by atoms with E-state index in [0.29, 0.717) is 30.7 Å². The van der Waals surface area contributed by atoms with Crippen LogP contribution < -0.4 is 10.1 Å². The minimum atomic E-state index is -0.139. The molecule has 4 rings (SSSR count). The second-order valence-electron chi connectivity index (χ2n) is 7.37. The SMILES string of the molecule is Cc1ccc(-c2ccc3c(c2)C=C(C(=O)Nc2ccc(CC#N)cc2)CCO3)cc1.Cl. The minimum absolute atomic E-state index is 0. The predicted molar refractivity (Wildman–Crippen MR) is 126 cm³/mol. The maximum atomic E-state index is 12.8. The van der Waals surface area contributed by atoms with Gasteiger partial charge in [-0.2, -0.15) is 5.26 Å². The van der Waals surface area contributed by atoms with Crippen molar-refractivity contribution in [1.29, 1.82) is 5.26 Å². The Balaban J connectivity index is 0.00000272. The van der Waals surface area contributed by atoms with E-state index in [0.717, 1.165) is 28.0 Å². The predicted octanol–water partition coefficient (Wildman–Crippen LogP) is 5.95. The average molecular weight is 431 g/mol. The lowest BCUT2D eigenvalue weighted by Crippen LogP contribution is -2.15. The van der Waals surface area contributed by atoms with Gasteiger partial charge in [-0.1, -0.05) is 48.0 Å². The number of halogens is 1. The standard InChI is InChI=1S/C26H22N2O2.ClH/c1-18-2-6-20(7-3-18)21-8-11-25-23(16-21)17-22(13-15-30-25)26(29)28-24-9-4-19(5-10-24)12-14-27;/h2-11,16-17H,12-13,15H2,1H3,(H,28,29);1H. The van der Waals surface area contributed by atoms with Gasteiger partial charge in [0.25, 0.3) is 5.91 Å². The number of nitrogens with one attached hydrogen (secondary N) is 1. The first kappa shape index (κ1) is 22.1. The summed E-state index contributed by atoms with van der Waals surface area (Å²) in [4.78, 5) is 12.8. The molecule has 1 aliphatic rings. The smallest absolute Gasteiger partial charge is 0.251 e. The summed E-state index contributed by atoms with van der Waals surface area (Å²) in [5.74, 6) is 0.648. The second kappa shape index (κ2) is 9.97. The van der Waals surface area contributed by atoms with Gasteiger partial charge in [-0.25, -0.2) is 0 Å². The summed E-state index contributed by atoms with van der Waals surface area (Å²) < 4.78 is 5.87. The van der Waals surface area contributed by atoms with Crippen molar-refractivity contribution in [2.24, 2.45) is 0 Å².